The maximum absolute atomic E-state index is 5.17. The van der Waals surface area contributed by atoms with Crippen LogP contribution in [0.5, 0.6) is 0 Å². The molecule has 0 unspecified atom stereocenters. The molecule has 1 heterocycles. The van der Waals surface area contributed by atoms with E-state index in [2.05, 4.69) is 5.32 Å². The van der Waals surface area contributed by atoms with Gasteiger partial charge in [-0.2, -0.15) is 11.8 Å². The number of nitrogens with one attached hydrogen (secondary N) is 1. The van der Waals surface area contributed by atoms with Crippen molar-refractivity contribution in [3.05, 3.63) is 24.2 Å². The number of hydrogen-bond acceptors (Lipinski definition) is 3. The van der Waals surface area contributed by atoms with Crippen molar-refractivity contribution < 1.29 is 4.42 Å². The Bertz CT molecular complexity index is 174. The average Bonchev–Trinajstić information content (AvgIpc) is 2.50. The van der Waals surface area contributed by atoms with Crippen LogP contribution in [0.25, 0.3) is 0 Å². The second kappa shape index (κ2) is 5.27. The quantitative estimate of drug-likeness (QED) is 0.683. The first-order valence-corrected chi connectivity index (χ1v) is 4.83. The Labute approximate surface area is 71.4 Å². The van der Waals surface area contributed by atoms with Crippen LogP contribution in [0.2, 0.25) is 0 Å². The lowest BCUT2D eigenvalue weighted by Crippen LogP contribution is -2.09. The summed E-state index contributed by atoms with van der Waals surface area (Å²) in [5, 5.41) is 3.10. The molecule has 1 N–H and O–H groups in total. The Hall–Kier alpha value is -0.410. The maximum Gasteiger partial charge on any atom is 0.113 e. The number of furan rings is 1. The molecule has 1 aromatic heterocycles. The molecule has 0 saturated heterocycles. The van der Waals surface area contributed by atoms with Gasteiger partial charge < -0.3 is 9.73 Å². The van der Waals surface area contributed by atoms with E-state index in [9.17, 15) is 0 Å². The van der Waals surface area contributed by atoms with Crippen molar-refractivity contribution in [3.63, 3.8) is 0 Å². The van der Waals surface area contributed by atoms with E-state index < -0.39 is 0 Å². The van der Waals surface area contributed by atoms with Crippen molar-refractivity contribution in [2.24, 2.45) is 0 Å². The predicted octanol–water partition coefficient (Wildman–Crippen LogP) is 1.73. The molecule has 62 valence electrons. The predicted molar refractivity (Wildman–Crippen MR) is 48.8 cm³/mol. The van der Waals surface area contributed by atoms with Gasteiger partial charge in [-0.25, -0.2) is 0 Å². The van der Waals surface area contributed by atoms with E-state index in [4.69, 9.17) is 4.42 Å². The van der Waals surface area contributed by atoms with Crippen molar-refractivity contribution in [1.29, 1.82) is 0 Å². The van der Waals surface area contributed by atoms with E-state index in [1.165, 1.54) is 0 Å². The van der Waals surface area contributed by atoms with Gasteiger partial charge in [-0.1, -0.05) is 0 Å². The fourth-order valence-electron chi connectivity index (χ4n) is 0.742. The van der Waals surface area contributed by atoms with E-state index >= 15 is 0 Å². The van der Waals surface area contributed by atoms with E-state index in [0.717, 1.165) is 23.8 Å². The maximum atomic E-state index is 5.17. The summed E-state index contributed by atoms with van der Waals surface area (Å²) in [6.07, 6.45) is 1.72. The second-order valence-electron chi connectivity index (χ2n) is 2.24. The van der Waals surface area contributed by atoms with Gasteiger partial charge in [0.25, 0.3) is 0 Å². The molecule has 3 heteroatoms. The van der Waals surface area contributed by atoms with E-state index in [1.54, 1.807) is 6.26 Å². The summed E-state index contributed by atoms with van der Waals surface area (Å²) >= 11 is 1.88. The third-order valence-electron chi connectivity index (χ3n) is 1.32. The normalized spacial score (nSPS) is 10.3. The zero-order chi connectivity index (χ0) is 7.94. The largest absolute Gasteiger partial charge is 0.468 e. The first-order chi connectivity index (χ1) is 5.43. The molecule has 0 spiro atoms. The van der Waals surface area contributed by atoms with E-state index in [0.29, 0.717) is 0 Å². The summed E-state index contributed by atoms with van der Waals surface area (Å²) in [6, 6.07) is 3.93. The SMILES string of the molecule is CNCCSCc1ccco1. The van der Waals surface area contributed by atoms with Crippen molar-refractivity contribution in [3.8, 4) is 0 Å². The van der Waals surface area contributed by atoms with Gasteiger partial charge in [0.1, 0.15) is 5.76 Å². The summed E-state index contributed by atoms with van der Waals surface area (Å²) in [5.74, 6) is 3.18. The zero-order valence-electron chi connectivity index (χ0n) is 6.67. The molecule has 2 nitrogen and oxygen atoms in total. The molecule has 0 radical (unpaired) electrons. The van der Waals surface area contributed by atoms with Crippen molar-refractivity contribution in [2.75, 3.05) is 19.3 Å². The molecule has 1 aromatic rings. The highest BCUT2D eigenvalue weighted by Gasteiger charge is 1.93. The zero-order valence-corrected chi connectivity index (χ0v) is 7.49. The molecule has 0 aromatic carbocycles. The lowest BCUT2D eigenvalue weighted by Gasteiger charge is -1.97. The van der Waals surface area contributed by atoms with Crippen LogP contribution in [0.4, 0.5) is 0 Å². The van der Waals surface area contributed by atoms with Crippen molar-refractivity contribution in [1.82, 2.24) is 5.32 Å². The Morgan fingerprint density at radius 1 is 1.64 bits per heavy atom. The Kier molecular flexibility index (Phi) is 4.16. The fourth-order valence-corrected chi connectivity index (χ4v) is 1.60. The van der Waals surface area contributed by atoms with Crippen LogP contribution in [-0.2, 0) is 5.75 Å². The summed E-state index contributed by atoms with van der Waals surface area (Å²) in [5.41, 5.74) is 0. The molecule has 0 saturated carbocycles. The Balaban J connectivity index is 2.04. The molecule has 0 aliphatic rings. The molecule has 0 aliphatic heterocycles. The summed E-state index contributed by atoms with van der Waals surface area (Å²) in [7, 11) is 1.97. The average molecular weight is 171 g/mol. The molecular formula is C8H13NOS. The lowest BCUT2D eigenvalue weighted by molar-refractivity contribution is 0.530. The lowest BCUT2D eigenvalue weighted by atomic mass is 10.5. The van der Waals surface area contributed by atoms with Crippen LogP contribution in [0.1, 0.15) is 5.76 Å². The number of hydrogen-bond donors (Lipinski definition) is 1. The number of thioether (sulfide) groups is 1. The third kappa shape index (κ3) is 3.49. The fraction of sp³-hybridized carbons (Fsp3) is 0.500. The molecule has 1 rings (SSSR count). The van der Waals surface area contributed by atoms with E-state index in [-0.39, 0.29) is 0 Å². The van der Waals surface area contributed by atoms with Gasteiger partial charge in [-0.3, -0.25) is 0 Å². The molecule has 0 amide bonds. The summed E-state index contributed by atoms with van der Waals surface area (Å²) < 4.78 is 5.17. The van der Waals surface area contributed by atoms with Gasteiger partial charge in [0, 0.05) is 12.3 Å². The number of rotatable bonds is 5. The smallest absolute Gasteiger partial charge is 0.113 e. The summed E-state index contributed by atoms with van der Waals surface area (Å²) in [6.45, 7) is 1.06. The van der Waals surface area contributed by atoms with Gasteiger partial charge >= 0.3 is 0 Å². The molecule has 11 heavy (non-hydrogen) atoms. The summed E-state index contributed by atoms with van der Waals surface area (Å²) in [4.78, 5) is 0. The van der Waals surface area contributed by atoms with Crippen LogP contribution in [-0.4, -0.2) is 19.3 Å². The van der Waals surface area contributed by atoms with Crippen LogP contribution in [0.3, 0.4) is 0 Å². The molecule has 0 atom stereocenters. The monoisotopic (exact) mass is 171 g/mol. The first-order valence-electron chi connectivity index (χ1n) is 3.68. The molecule has 0 fully saturated rings. The van der Waals surface area contributed by atoms with Crippen molar-refractivity contribution >= 4 is 11.8 Å². The van der Waals surface area contributed by atoms with Gasteiger partial charge in [-0.15, -0.1) is 0 Å². The second-order valence-corrected chi connectivity index (χ2v) is 3.34. The molecule has 0 bridgehead atoms. The van der Waals surface area contributed by atoms with Crippen LogP contribution in [0.15, 0.2) is 22.8 Å². The minimum Gasteiger partial charge on any atom is -0.468 e. The van der Waals surface area contributed by atoms with E-state index in [1.807, 2.05) is 30.9 Å². The highest BCUT2D eigenvalue weighted by atomic mass is 32.2. The van der Waals surface area contributed by atoms with Gasteiger partial charge in [0.2, 0.25) is 0 Å². The Morgan fingerprint density at radius 2 is 2.55 bits per heavy atom. The molecule has 0 aliphatic carbocycles. The highest BCUT2D eigenvalue weighted by molar-refractivity contribution is 7.98. The topological polar surface area (TPSA) is 25.2 Å². The first kappa shape index (κ1) is 8.68. The van der Waals surface area contributed by atoms with Gasteiger partial charge in [0.15, 0.2) is 0 Å². The van der Waals surface area contributed by atoms with Gasteiger partial charge in [0.05, 0.1) is 12.0 Å². The third-order valence-corrected chi connectivity index (χ3v) is 2.30. The highest BCUT2D eigenvalue weighted by Crippen LogP contribution is 2.10. The Morgan fingerprint density at radius 3 is 3.18 bits per heavy atom. The van der Waals surface area contributed by atoms with Crippen molar-refractivity contribution in [2.45, 2.75) is 5.75 Å². The minimum atomic E-state index is 0.981. The van der Waals surface area contributed by atoms with Crippen LogP contribution < -0.4 is 5.32 Å². The van der Waals surface area contributed by atoms with Gasteiger partial charge in [-0.05, 0) is 19.2 Å². The standard InChI is InChI=1S/C8H13NOS/c1-9-4-6-11-7-8-3-2-5-10-8/h2-3,5,9H,4,6-7H2,1H3. The van der Waals surface area contributed by atoms with Crippen LogP contribution in [0, 0.1) is 0 Å². The minimum absolute atomic E-state index is 0.981. The van der Waals surface area contributed by atoms with Crippen LogP contribution >= 0.6 is 11.8 Å². The molecular weight excluding hydrogens is 158 g/mol.